The molecule has 0 spiro atoms. The van der Waals surface area contributed by atoms with E-state index >= 15 is 0 Å². The van der Waals surface area contributed by atoms with Crippen LogP contribution in [0.1, 0.15) is 23.6 Å². The van der Waals surface area contributed by atoms with Gasteiger partial charge >= 0.3 is 6.18 Å². The van der Waals surface area contributed by atoms with Crippen LogP contribution in [0.3, 0.4) is 0 Å². The highest BCUT2D eigenvalue weighted by Crippen LogP contribution is 2.49. The second-order valence-corrected chi connectivity index (χ2v) is 12.3. The second-order valence-electron chi connectivity index (χ2n) is 9.64. The molecular weight excluding hydrogens is 552 g/mol. The number of carbonyl (C=O) groups is 1. The maximum atomic E-state index is 13.6. The van der Waals surface area contributed by atoms with Gasteiger partial charge in [0.15, 0.2) is 0 Å². The highest BCUT2D eigenvalue weighted by Gasteiger charge is 2.37. The van der Waals surface area contributed by atoms with Crippen molar-refractivity contribution in [3.8, 4) is 0 Å². The first-order valence-corrected chi connectivity index (χ1v) is 14.3. The smallest absolute Gasteiger partial charge is 0.356 e. The van der Waals surface area contributed by atoms with Gasteiger partial charge in [0.25, 0.3) is 5.56 Å². The molecule has 0 unspecified atom stereocenters. The molecule has 0 aliphatic carbocycles. The molecule has 6 rings (SSSR count). The van der Waals surface area contributed by atoms with Crippen molar-refractivity contribution < 1.29 is 18.0 Å². The minimum absolute atomic E-state index is 0.00457. The third-order valence-electron chi connectivity index (χ3n) is 7.16. The maximum Gasteiger partial charge on any atom is 0.416 e. The average Bonchev–Trinajstić information content (AvgIpc) is 2.89. The van der Waals surface area contributed by atoms with E-state index in [1.165, 1.54) is 34.5 Å². The number of rotatable bonds is 2. The molecule has 1 saturated heterocycles. The molecule has 1 fully saturated rings. The minimum Gasteiger partial charge on any atom is -0.356 e. The number of pyridine rings is 1. The molecule has 3 aromatic rings. The Morgan fingerprint density at radius 2 is 1.79 bits per heavy atom. The number of anilines is 2. The van der Waals surface area contributed by atoms with Crippen LogP contribution in [0.5, 0.6) is 0 Å². The number of amides is 1. The molecule has 2 aromatic carbocycles. The predicted molar refractivity (Wildman–Crippen MR) is 147 cm³/mol. The molecule has 4 heterocycles. The summed E-state index contributed by atoms with van der Waals surface area (Å²) < 4.78 is 42.9. The Morgan fingerprint density at radius 1 is 1.00 bits per heavy atom. The third-order valence-corrected chi connectivity index (χ3v) is 9.80. The summed E-state index contributed by atoms with van der Waals surface area (Å²) in [7, 11) is 0. The van der Waals surface area contributed by atoms with E-state index in [9.17, 15) is 22.8 Å². The van der Waals surface area contributed by atoms with E-state index in [1.807, 2.05) is 22.8 Å². The van der Waals surface area contributed by atoms with Gasteiger partial charge in [-0.1, -0.05) is 53.9 Å². The summed E-state index contributed by atoms with van der Waals surface area (Å²) in [6, 6.07) is 16.1. The van der Waals surface area contributed by atoms with E-state index in [0.717, 1.165) is 29.1 Å². The number of hydrogen-bond acceptors (Lipinski definition) is 5. The van der Waals surface area contributed by atoms with Gasteiger partial charge in [-0.2, -0.15) is 13.2 Å². The minimum atomic E-state index is -4.52. The SMILES string of the molecule is O=C(CSC(=S)N1C[C@@H]2C[C@H](C1)c1cccc(=O)n1C2)N1c2ccccc2Sc2ccc(C(F)(F)F)cc21. The van der Waals surface area contributed by atoms with Crippen molar-refractivity contribution in [3.63, 3.8) is 0 Å². The van der Waals surface area contributed by atoms with Gasteiger partial charge < -0.3 is 9.47 Å². The van der Waals surface area contributed by atoms with Crippen LogP contribution in [0.25, 0.3) is 0 Å². The van der Waals surface area contributed by atoms with Crippen molar-refractivity contribution in [3.05, 3.63) is 82.3 Å². The number of benzene rings is 2. The van der Waals surface area contributed by atoms with E-state index in [-0.39, 0.29) is 34.7 Å². The molecule has 11 heteroatoms. The highest BCUT2D eigenvalue weighted by molar-refractivity contribution is 8.23. The van der Waals surface area contributed by atoms with Gasteiger partial charge in [-0.15, -0.1) is 0 Å². The lowest BCUT2D eigenvalue weighted by atomic mass is 9.83. The number of carbonyl (C=O) groups excluding carboxylic acids is 1. The van der Waals surface area contributed by atoms with E-state index in [0.29, 0.717) is 34.5 Å². The zero-order valence-electron chi connectivity index (χ0n) is 20.0. The Bertz CT molecular complexity index is 1510. The van der Waals surface area contributed by atoms with Crippen molar-refractivity contribution in [2.24, 2.45) is 5.92 Å². The molecule has 1 aromatic heterocycles. The molecule has 2 atom stereocenters. The predicted octanol–water partition coefficient (Wildman–Crippen LogP) is 6.13. The van der Waals surface area contributed by atoms with Crippen molar-refractivity contribution in [2.45, 2.75) is 34.9 Å². The summed E-state index contributed by atoms with van der Waals surface area (Å²) in [4.78, 5) is 30.8. The number of likely N-dealkylation sites (tertiary alicyclic amines) is 1. The van der Waals surface area contributed by atoms with Crippen LogP contribution in [-0.4, -0.2) is 38.5 Å². The summed E-state index contributed by atoms with van der Waals surface area (Å²) in [6.07, 6.45) is -3.52. The summed E-state index contributed by atoms with van der Waals surface area (Å²) >= 11 is 8.30. The van der Waals surface area contributed by atoms with E-state index in [2.05, 4.69) is 4.90 Å². The lowest BCUT2D eigenvalue weighted by Gasteiger charge is -2.43. The molecule has 0 saturated carbocycles. The standard InChI is InChI=1S/C27H22F3N3O2S3/c28-27(29,30)18-8-9-23-21(11-18)33(20-4-1-2-6-22(20)38-23)25(35)15-37-26(36)31-12-16-10-17(14-31)19-5-3-7-24(34)32(19)13-16/h1-9,11,16-17H,10,12-15H2/t16-,17+/m0/s1. The fraction of sp³-hybridized carbons (Fsp3) is 0.296. The molecule has 196 valence electrons. The van der Waals surface area contributed by atoms with Crippen molar-refractivity contribution in [1.82, 2.24) is 9.47 Å². The van der Waals surface area contributed by atoms with Crippen LogP contribution in [-0.2, 0) is 17.5 Å². The van der Waals surface area contributed by atoms with Crippen LogP contribution < -0.4 is 10.5 Å². The normalized spacial score (nSPS) is 19.9. The molecule has 3 aliphatic rings. The van der Waals surface area contributed by atoms with Crippen LogP contribution in [0.2, 0.25) is 0 Å². The molecule has 0 N–H and O–H groups in total. The number of alkyl halides is 3. The fourth-order valence-electron chi connectivity index (χ4n) is 5.52. The number of nitrogens with zero attached hydrogens (tertiary/aromatic N) is 3. The lowest BCUT2D eigenvalue weighted by Crippen LogP contribution is -2.48. The van der Waals surface area contributed by atoms with Gasteiger partial charge in [0.1, 0.15) is 4.32 Å². The first kappa shape index (κ1) is 25.5. The number of hydrogen-bond donors (Lipinski definition) is 0. The van der Waals surface area contributed by atoms with Crippen LogP contribution in [0.15, 0.2) is 75.2 Å². The summed E-state index contributed by atoms with van der Waals surface area (Å²) in [5, 5.41) is 0. The Labute approximate surface area is 231 Å². The Kier molecular flexibility index (Phi) is 6.56. The van der Waals surface area contributed by atoms with E-state index in [4.69, 9.17) is 12.2 Å². The van der Waals surface area contributed by atoms with E-state index in [1.54, 1.807) is 24.3 Å². The van der Waals surface area contributed by atoms with Crippen LogP contribution >= 0.6 is 35.7 Å². The van der Waals surface area contributed by atoms with Gasteiger partial charge in [0, 0.05) is 47.1 Å². The highest BCUT2D eigenvalue weighted by atomic mass is 32.2. The quantitative estimate of drug-likeness (QED) is 0.344. The average molecular weight is 574 g/mol. The topological polar surface area (TPSA) is 45.6 Å². The summed E-state index contributed by atoms with van der Waals surface area (Å²) in [5.41, 5.74) is 1.03. The fourth-order valence-corrected chi connectivity index (χ4v) is 7.60. The zero-order chi connectivity index (χ0) is 26.6. The number of fused-ring (bicyclic) bond motifs is 6. The molecule has 0 radical (unpaired) electrons. The van der Waals surface area contributed by atoms with Crippen molar-refractivity contribution in [2.75, 3.05) is 23.7 Å². The molecule has 38 heavy (non-hydrogen) atoms. The number of thioether (sulfide) groups is 1. The molecule has 3 aliphatic heterocycles. The second kappa shape index (κ2) is 9.77. The van der Waals surface area contributed by atoms with Gasteiger partial charge in [-0.25, -0.2) is 0 Å². The zero-order valence-corrected chi connectivity index (χ0v) is 22.4. The van der Waals surface area contributed by atoms with Gasteiger partial charge in [-0.3, -0.25) is 14.5 Å². The van der Waals surface area contributed by atoms with Crippen LogP contribution in [0.4, 0.5) is 24.5 Å². The van der Waals surface area contributed by atoms with Gasteiger partial charge in [0.2, 0.25) is 5.91 Å². The Morgan fingerprint density at radius 3 is 2.61 bits per heavy atom. The largest absolute Gasteiger partial charge is 0.416 e. The van der Waals surface area contributed by atoms with Crippen molar-refractivity contribution in [1.29, 1.82) is 0 Å². The number of aromatic nitrogens is 1. The number of piperidine rings is 1. The maximum absolute atomic E-state index is 13.6. The molecular formula is C27H22F3N3O2S3. The summed E-state index contributed by atoms with van der Waals surface area (Å²) in [5.74, 6) is 0.133. The first-order valence-electron chi connectivity index (χ1n) is 12.1. The Balaban J connectivity index is 1.21. The van der Waals surface area contributed by atoms with Crippen molar-refractivity contribution >= 4 is 57.3 Å². The molecule has 1 amide bonds. The first-order chi connectivity index (χ1) is 18.2. The van der Waals surface area contributed by atoms with Gasteiger partial charge in [0.05, 0.1) is 22.7 Å². The number of halogens is 3. The molecule has 2 bridgehead atoms. The van der Waals surface area contributed by atoms with E-state index < -0.39 is 11.7 Å². The lowest BCUT2D eigenvalue weighted by molar-refractivity contribution is -0.137. The van der Waals surface area contributed by atoms with Crippen LogP contribution in [0, 0.1) is 5.92 Å². The number of thiocarbonyl (C=S) groups is 1. The third kappa shape index (κ3) is 4.65. The Hall–Kier alpha value is -2.76. The monoisotopic (exact) mass is 573 g/mol. The van der Waals surface area contributed by atoms with Gasteiger partial charge in [-0.05, 0) is 48.7 Å². The summed E-state index contributed by atoms with van der Waals surface area (Å²) in [6.45, 7) is 2.02. The molecule has 5 nitrogen and oxygen atoms in total. The number of para-hydroxylation sites is 1.